The molecular weight excluding hydrogens is 256 g/mol. The number of hydrogen-bond acceptors (Lipinski definition) is 5. The summed E-state index contributed by atoms with van der Waals surface area (Å²) >= 11 is 0. The van der Waals surface area contributed by atoms with Crippen molar-refractivity contribution in [1.29, 1.82) is 0 Å². The lowest BCUT2D eigenvalue weighted by molar-refractivity contribution is -0.137. The largest absolute Gasteiger partial charge is 0.328 e. The number of amides is 2. The van der Waals surface area contributed by atoms with Crippen LogP contribution in [0, 0.1) is 0 Å². The van der Waals surface area contributed by atoms with Crippen LogP contribution in [0.3, 0.4) is 0 Å². The molecule has 6 nitrogen and oxygen atoms in total. The van der Waals surface area contributed by atoms with E-state index < -0.39 is 0 Å². The fraction of sp³-hybridized carbons (Fsp3) is 0.857. The van der Waals surface area contributed by atoms with Crippen LogP contribution in [0.1, 0.15) is 25.7 Å². The van der Waals surface area contributed by atoms with Gasteiger partial charge in [0.05, 0.1) is 12.5 Å². The molecule has 0 spiro atoms. The van der Waals surface area contributed by atoms with Crippen LogP contribution in [0.4, 0.5) is 0 Å². The first-order valence-electron chi connectivity index (χ1n) is 7.60. The lowest BCUT2D eigenvalue weighted by Crippen LogP contribution is -2.47. The van der Waals surface area contributed by atoms with Gasteiger partial charge in [-0.05, 0) is 32.4 Å². The normalized spacial score (nSPS) is 34.4. The van der Waals surface area contributed by atoms with Crippen molar-refractivity contribution in [2.24, 2.45) is 5.73 Å². The monoisotopic (exact) mass is 280 g/mol. The van der Waals surface area contributed by atoms with Crippen LogP contribution in [0.15, 0.2) is 0 Å². The molecule has 0 saturated carbocycles. The van der Waals surface area contributed by atoms with Crippen LogP contribution in [0.5, 0.6) is 0 Å². The van der Waals surface area contributed by atoms with Crippen molar-refractivity contribution in [1.82, 2.24) is 14.7 Å². The number of carbonyl (C=O) groups is 2. The highest BCUT2D eigenvalue weighted by atomic mass is 16.2. The van der Waals surface area contributed by atoms with Gasteiger partial charge in [0, 0.05) is 32.2 Å². The molecule has 2 unspecified atom stereocenters. The Bertz CT molecular complexity index is 406. The number of hydrogen-bond donors (Lipinski definition) is 1. The molecule has 2 atom stereocenters. The zero-order valence-electron chi connectivity index (χ0n) is 12.1. The first kappa shape index (κ1) is 14.0. The lowest BCUT2D eigenvalue weighted by Gasteiger charge is -2.35. The molecule has 0 aromatic rings. The van der Waals surface area contributed by atoms with E-state index in [1.165, 1.54) is 4.90 Å². The summed E-state index contributed by atoms with van der Waals surface area (Å²) in [6.07, 6.45) is 3.59. The number of likely N-dealkylation sites (N-methyl/N-ethyl adjacent to an activating group) is 1. The van der Waals surface area contributed by atoms with E-state index in [-0.39, 0.29) is 17.9 Å². The number of piperidine rings is 1. The van der Waals surface area contributed by atoms with Gasteiger partial charge < -0.3 is 5.73 Å². The average molecular weight is 280 g/mol. The second kappa shape index (κ2) is 5.42. The Morgan fingerprint density at radius 2 is 1.70 bits per heavy atom. The summed E-state index contributed by atoms with van der Waals surface area (Å²) in [6.45, 7) is 3.96. The SMILES string of the molecule is CN1C(=O)CC(N2CCC(N3CCC(N)CC3)C2)C1=O. The van der Waals surface area contributed by atoms with Gasteiger partial charge in [-0.3, -0.25) is 24.3 Å². The van der Waals surface area contributed by atoms with Gasteiger partial charge in [-0.1, -0.05) is 0 Å². The van der Waals surface area contributed by atoms with E-state index in [1.54, 1.807) is 7.05 Å². The maximum atomic E-state index is 12.1. The van der Waals surface area contributed by atoms with E-state index in [4.69, 9.17) is 5.73 Å². The fourth-order valence-corrected chi connectivity index (χ4v) is 3.66. The number of nitrogens with two attached hydrogens (primary N) is 1. The molecule has 2 N–H and O–H groups in total. The van der Waals surface area contributed by atoms with Crippen LogP contribution in [0.25, 0.3) is 0 Å². The molecule has 20 heavy (non-hydrogen) atoms. The first-order valence-corrected chi connectivity index (χ1v) is 7.60. The lowest BCUT2D eigenvalue weighted by atomic mass is 10.0. The third kappa shape index (κ3) is 2.47. The molecule has 3 heterocycles. The molecule has 0 bridgehead atoms. The van der Waals surface area contributed by atoms with Gasteiger partial charge in [0.25, 0.3) is 0 Å². The van der Waals surface area contributed by atoms with E-state index in [2.05, 4.69) is 9.80 Å². The minimum Gasteiger partial charge on any atom is -0.328 e. The smallest absolute Gasteiger partial charge is 0.246 e. The van der Waals surface area contributed by atoms with Crippen molar-refractivity contribution in [2.75, 3.05) is 33.2 Å². The minimum atomic E-state index is -0.218. The minimum absolute atomic E-state index is 0.0312. The van der Waals surface area contributed by atoms with E-state index >= 15 is 0 Å². The van der Waals surface area contributed by atoms with E-state index in [1.807, 2.05) is 0 Å². The van der Waals surface area contributed by atoms with Crippen LogP contribution in [-0.4, -0.2) is 77.9 Å². The second-order valence-electron chi connectivity index (χ2n) is 6.32. The maximum absolute atomic E-state index is 12.1. The molecule has 3 rings (SSSR count). The number of carbonyl (C=O) groups excluding carboxylic acids is 2. The van der Waals surface area contributed by atoms with Crippen molar-refractivity contribution in [3.05, 3.63) is 0 Å². The topological polar surface area (TPSA) is 69.9 Å². The number of rotatable bonds is 2. The predicted octanol–water partition coefficient (Wildman–Crippen LogP) is -0.759. The third-order valence-electron chi connectivity index (χ3n) is 5.08. The van der Waals surface area contributed by atoms with Gasteiger partial charge in [0.2, 0.25) is 11.8 Å². The van der Waals surface area contributed by atoms with Gasteiger partial charge in [0.1, 0.15) is 0 Å². The van der Waals surface area contributed by atoms with Crippen molar-refractivity contribution >= 4 is 11.8 Å². The molecule has 6 heteroatoms. The summed E-state index contributed by atoms with van der Waals surface area (Å²) in [5, 5.41) is 0. The molecule has 0 aromatic carbocycles. The van der Waals surface area contributed by atoms with Gasteiger partial charge in [-0.2, -0.15) is 0 Å². The molecule has 3 saturated heterocycles. The summed E-state index contributed by atoms with van der Waals surface area (Å²) in [7, 11) is 1.59. The number of imide groups is 1. The Morgan fingerprint density at radius 3 is 2.30 bits per heavy atom. The average Bonchev–Trinajstić information content (AvgIpc) is 3.01. The molecule has 0 radical (unpaired) electrons. The maximum Gasteiger partial charge on any atom is 0.246 e. The summed E-state index contributed by atoms with van der Waals surface area (Å²) in [5.41, 5.74) is 5.95. The van der Waals surface area contributed by atoms with Crippen LogP contribution >= 0.6 is 0 Å². The van der Waals surface area contributed by atoms with Crippen molar-refractivity contribution in [2.45, 2.75) is 43.8 Å². The zero-order chi connectivity index (χ0) is 14.3. The third-order valence-corrected chi connectivity index (χ3v) is 5.08. The molecule has 0 aromatic heterocycles. The second-order valence-corrected chi connectivity index (χ2v) is 6.32. The predicted molar refractivity (Wildman–Crippen MR) is 74.9 cm³/mol. The molecule has 3 aliphatic rings. The summed E-state index contributed by atoms with van der Waals surface area (Å²) < 4.78 is 0. The molecule has 112 valence electrons. The zero-order valence-corrected chi connectivity index (χ0v) is 12.1. The van der Waals surface area contributed by atoms with Crippen molar-refractivity contribution in [3.8, 4) is 0 Å². The van der Waals surface area contributed by atoms with Crippen molar-refractivity contribution < 1.29 is 9.59 Å². The molecule has 0 aliphatic carbocycles. The summed E-state index contributed by atoms with van der Waals surface area (Å²) in [5.74, 6) is -0.0799. The van der Waals surface area contributed by atoms with E-state index in [0.29, 0.717) is 18.5 Å². The Labute approximate surface area is 119 Å². The van der Waals surface area contributed by atoms with E-state index in [0.717, 1.165) is 45.4 Å². The Kier molecular flexibility index (Phi) is 3.79. The molecule has 3 aliphatic heterocycles. The molecule has 3 fully saturated rings. The van der Waals surface area contributed by atoms with Gasteiger partial charge in [0.15, 0.2) is 0 Å². The van der Waals surface area contributed by atoms with Crippen LogP contribution in [-0.2, 0) is 9.59 Å². The number of nitrogens with zero attached hydrogens (tertiary/aromatic N) is 3. The Morgan fingerprint density at radius 1 is 1.05 bits per heavy atom. The Balaban J connectivity index is 1.57. The first-order chi connectivity index (χ1) is 9.56. The summed E-state index contributed by atoms with van der Waals surface area (Å²) in [6, 6.07) is 0.660. The van der Waals surface area contributed by atoms with Gasteiger partial charge in [-0.15, -0.1) is 0 Å². The highest BCUT2D eigenvalue weighted by molar-refractivity contribution is 6.05. The van der Waals surface area contributed by atoms with Crippen molar-refractivity contribution in [3.63, 3.8) is 0 Å². The Hall–Kier alpha value is -0.980. The quantitative estimate of drug-likeness (QED) is 0.673. The van der Waals surface area contributed by atoms with E-state index in [9.17, 15) is 9.59 Å². The highest BCUT2D eigenvalue weighted by Crippen LogP contribution is 2.25. The fourth-order valence-electron chi connectivity index (χ4n) is 3.66. The highest BCUT2D eigenvalue weighted by Gasteiger charge is 2.43. The van der Waals surface area contributed by atoms with Crippen LogP contribution in [0.2, 0.25) is 0 Å². The number of likely N-dealkylation sites (tertiary alicyclic amines) is 3. The van der Waals surface area contributed by atoms with Gasteiger partial charge >= 0.3 is 0 Å². The molecular formula is C14H24N4O2. The molecule has 2 amide bonds. The standard InChI is InChI=1S/C14H24N4O2/c1-16-13(19)8-12(14(16)20)18-7-4-11(9-18)17-5-2-10(15)3-6-17/h10-12H,2-9,15H2,1H3. The summed E-state index contributed by atoms with van der Waals surface area (Å²) in [4.78, 5) is 29.7. The van der Waals surface area contributed by atoms with Crippen LogP contribution < -0.4 is 5.73 Å². The van der Waals surface area contributed by atoms with Gasteiger partial charge in [-0.25, -0.2) is 0 Å².